The fourth-order valence-electron chi connectivity index (χ4n) is 4.77. The van der Waals surface area contributed by atoms with Crippen LogP contribution in [0.15, 0.2) is 71.1 Å². The Morgan fingerprint density at radius 1 is 0.600 bits per heavy atom. The number of esters is 2. The Kier molecular flexibility index (Phi) is 9.31. The van der Waals surface area contributed by atoms with Crippen LogP contribution in [0.4, 0.5) is 0 Å². The normalized spacial score (nSPS) is 18.0. The summed E-state index contributed by atoms with van der Waals surface area (Å²) in [4.78, 5) is 57.7. The van der Waals surface area contributed by atoms with Crippen molar-refractivity contribution in [1.29, 1.82) is 0 Å². The number of fused-ring (bicyclic) bond motifs is 8. The summed E-state index contributed by atoms with van der Waals surface area (Å²) in [6, 6.07) is 16.3. The van der Waals surface area contributed by atoms with Crippen LogP contribution in [0.3, 0.4) is 0 Å². The average Bonchev–Trinajstić information content (AvgIpc) is 3.53. The fourth-order valence-corrected chi connectivity index (χ4v) is 4.77. The van der Waals surface area contributed by atoms with Gasteiger partial charge in [-0.1, -0.05) is 58.0 Å². The van der Waals surface area contributed by atoms with Crippen LogP contribution in [0.25, 0.3) is 22.9 Å². The molecule has 0 aliphatic carbocycles. The summed E-state index contributed by atoms with van der Waals surface area (Å²) in [5.41, 5.74) is 1.92. The van der Waals surface area contributed by atoms with Gasteiger partial charge in [-0.05, 0) is 48.2 Å². The first kappa shape index (κ1) is 31.0. The lowest BCUT2D eigenvalue weighted by Crippen LogP contribution is -2.45. The Morgan fingerprint density at radius 3 is 1.40 bits per heavy atom. The third-order valence-electron chi connectivity index (χ3n) is 7.23. The summed E-state index contributed by atoms with van der Waals surface area (Å²) in [5.74, 6) is -2.88. The average molecular weight is 612 g/mol. The van der Waals surface area contributed by atoms with Gasteiger partial charge in [0, 0.05) is 0 Å². The molecule has 4 aromatic rings. The molecule has 4 bridgehead atoms. The Labute approximate surface area is 259 Å². The minimum Gasteiger partial charge on any atom is -0.458 e. The molecule has 12 heteroatoms. The van der Waals surface area contributed by atoms with E-state index in [0.717, 1.165) is 0 Å². The van der Waals surface area contributed by atoms with Gasteiger partial charge < -0.3 is 24.5 Å². The van der Waals surface area contributed by atoms with Gasteiger partial charge in [0.05, 0.1) is 33.6 Å². The number of ether oxygens (including phenoxy) is 2. The number of rotatable bonds is 2. The quantitative estimate of drug-likeness (QED) is 0.316. The summed E-state index contributed by atoms with van der Waals surface area (Å²) in [5, 5.41) is 13.9. The zero-order chi connectivity index (χ0) is 32.1. The summed E-state index contributed by atoms with van der Waals surface area (Å²) < 4.78 is 17.0. The zero-order valence-electron chi connectivity index (χ0n) is 25.3. The fraction of sp³-hybridized carbons (Fsp3) is 0.303. The number of amides is 2. The van der Waals surface area contributed by atoms with E-state index in [1.54, 1.807) is 94.4 Å². The Morgan fingerprint density at radius 2 is 1.00 bits per heavy atom. The van der Waals surface area contributed by atoms with Crippen LogP contribution >= 0.6 is 0 Å². The lowest BCUT2D eigenvalue weighted by Gasteiger charge is -2.22. The van der Waals surface area contributed by atoms with E-state index in [9.17, 15) is 19.2 Å². The monoisotopic (exact) mass is 611 g/mol. The van der Waals surface area contributed by atoms with E-state index in [1.165, 1.54) is 0 Å². The molecule has 1 aliphatic rings. The number of nitrogens with zero attached hydrogens (tertiary/aromatic N) is 3. The maximum absolute atomic E-state index is 13.5. The van der Waals surface area contributed by atoms with E-state index in [1.807, 2.05) is 0 Å². The van der Waals surface area contributed by atoms with Crippen LogP contribution in [0, 0.1) is 11.8 Å². The highest BCUT2D eigenvalue weighted by molar-refractivity contribution is 6.03. The van der Waals surface area contributed by atoms with E-state index >= 15 is 0 Å². The number of nitrogens with one attached hydrogen (secondary N) is 2. The molecule has 0 fully saturated rings. The third kappa shape index (κ3) is 7.06. The molecule has 3 heterocycles. The molecule has 232 valence electrons. The minimum absolute atomic E-state index is 0.0337. The first-order valence-corrected chi connectivity index (χ1v) is 14.5. The van der Waals surface area contributed by atoms with Crippen molar-refractivity contribution in [3.8, 4) is 22.9 Å². The van der Waals surface area contributed by atoms with Gasteiger partial charge in [-0.15, -0.1) is 10.2 Å². The Hall–Kier alpha value is -5.39. The lowest BCUT2D eigenvalue weighted by atomic mass is 10.0. The van der Waals surface area contributed by atoms with Crippen molar-refractivity contribution in [2.75, 3.05) is 0 Å². The molecule has 0 saturated carbocycles. The third-order valence-corrected chi connectivity index (χ3v) is 7.23. The van der Waals surface area contributed by atoms with E-state index in [4.69, 9.17) is 13.9 Å². The largest absolute Gasteiger partial charge is 0.458 e. The molecule has 0 spiro atoms. The molecule has 2 amide bonds. The molecule has 45 heavy (non-hydrogen) atoms. The van der Waals surface area contributed by atoms with E-state index in [0.29, 0.717) is 22.5 Å². The van der Waals surface area contributed by atoms with E-state index in [2.05, 4.69) is 25.8 Å². The highest BCUT2D eigenvalue weighted by Gasteiger charge is 2.30. The van der Waals surface area contributed by atoms with Gasteiger partial charge in [-0.2, -0.15) is 0 Å². The second kappa shape index (κ2) is 13.5. The summed E-state index contributed by atoms with van der Waals surface area (Å²) in [6.45, 7) is 6.83. The van der Waals surface area contributed by atoms with Crippen molar-refractivity contribution in [1.82, 2.24) is 25.8 Å². The van der Waals surface area contributed by atoms with Crippen LogP contribution in [0.1, 0.15) is 59.8 Å². The molecule has 1 aliphatic heterocycles. The minimum atomic E-state index is -0.968. The van der Waals surface area contributed by atoms with Crippen LogP contribution in [0.5, 0.6) is 0 Å². The number of aromatic nitrogens is 3. The van der Waals surface area contributed by atoms with Crippen LogP contribution in [-0.4, -0.2) is 51.0 Å². The second-order valence-electron chi connectivity index (χ2n) is 11.2. The summed E-state index contributed by atoms with van der Waals surface area (Å²) in [7, 11) is 0. The maximum atomic E-state index is 13.5. The number of benzene rings is 2. The predicted octanol–water partition coefficient (Wildman–Crippen LogP) is 4.11. The Balaban J connectivity index is 1.56. The maximum Gasteiger partial charge on any atom is 0.329 e. The van der Waals surface area contributed by atoms with Gasteiger partial charge >= 0.3 is 11.9 Å². The van der Waals surface area contributed by atoms with Crippen molar-refractivity contribution >= 4 is 23.8 Å². The molecule has 2 aromatic carbocycles. The Bertz CT molecular complexity index is 1610. The van der Waals surface area contributed by atoms with Crippen LogP contribution < -0.4 is 10.6 Å². The number of pyridine rings is 1. The summed E-state index contributed by atoms with van der Waals surface area (Å²) in [6.07, 6.45) is 0. The molecular weight excluding hydrogens is 578 g/mol. The molecule has 12 nitrogen and oxygen atoms in total. The molecule has 5 rings (SSSR count). The van der Waals surface area contributed by atoms with Crippen molar-refractivity contribution in [3.05, 3.63) is 89.2 Å². The topological polar surface area (TPSA) is 163 Å². The summed E-state index contributed by atoms with van der Waals surface area (Å²) >= 11 is 0. The van der Waals surface area contributed by atoms with Crippen molar-refractivity contribution < 1.29 is 33.1 Å². The van der Waals surface area contributed by atoms with Crippen molar-refractivity contribution in [2.24, 2.45) is 11.8 Å². The van der Waals surface area contributed by atoms with Gasteiger partial charge in [0.25, 0.3) is 11.8 Å². The smallest absolute Gasteiger partial charge is 0.329 e. The van der Waals surface area contributed by atoms with Crippen LogP contribution in [0.2, 0.25) is 0 Å². The molecule has 2 aromatic heterocycles. The molecule has 0 saturated heterocycles. The predicted molar refractivity (Wildman–Crippen MR) is 161 cm³/mol. The number of hydrogen-bond donors (Lipinski definition) is 2. The van der Waals surface area contributed by atoms with Gasteiger partial charge in [-0.3, -0.25) is 14.6 Å². The van der Waals surface area contributed by atoms with Crippen molar-refractivity contribution in [2.45, 2.75) is 53.0 Å². The van der Waals surface area contributed by atoms with Gasteiger partial charge in [0.1, 0.15) is 25.3 Å². The number of carbonyl (C=O) groups excluding carboxylic acids is 4. The molecule has 2 atom stereocenters. The van der Waals surface area contributed by atoms with Gasteiger partial charge in [-0.25, -0.2) is 9.59 Å². The second-order valence-corrected chi connectivity index (χ2v) is 11.2. The van der Waals surface area contributed by atoms with Gasteiger partial charge in [0.15, 0.2) is 0 Å². The molecule has 2 N–H and O–H groups in total. The lowest BCUT2D eigenvalue weighted by molar-refractivity contribution is -0.149. The van der Waals surface area contributed by atoms with Gasteiger partial charge in [0.2, 0.25) is 11.8 Å². The number of cyclic esters (lactones) is 2. The van der Waals surface area contributed by atoms with E-state index < -0.39 is 35.8 Å². The first-order chi connectivity index (χ1) is 21.6. The van der Waals surface area contributed by atoms with Crippen molar-refractivity contribution in [3.63, 3.8) is 0 Å². The highest BCUT2D eigenvalue weighted by Crippen LogP contribution is 2.29. The SMILES string of the molecule is CC(C)[C@@H]1NC(=O)c2ccccc2-c2nnc(o2)-c2ccccc2C(=O)N[C@@H](C(C)C)C(=O)OCc2cccc(n2)COC1=O. The van der Waals surface area contributed by atoms with E-state index in [-0.39, 0.29) is 48.0 Å². The highest BCUT2D eigenvalue weighted by atomic mass is 16.5. The first-order valence-electron chi connectivity index (χ1n) is 14.5. The molecule has 0 radical (unpaired) electrons. The van der Waals surface area contributed by atoms with Crippen LogP contribution in [-0.2, 0) is 32.3 Å². The zero-order valence-corrected chi connectivity index (χ0v) is 25.3. The molecule has 0 unspecified atom stereocenters. The standard InChI is InChI=1S/C33H33N5O7/c1-18(2)26-32(41)43-16-20-10-9-11-21(34-20)17-44-33(42)27(19(3)4)36-29(40)23-13-6-8-15-25(23)31-38-37-30(45-31)24-14-7-5-12-22(24)28(39)35-26/h5-15,18-19,26-27H,16-17H2,1-4H3,(H,35,39)(H,36,40)/t26-,27-/m0/s1. The number of carbonyl (C=O) groups is 4. The molecular formula is C33H33N5O7. The number of hydrogen-bond acceptors (Lipinski definition) is 10.